The molecule has 1 heterocycles. The minimum atomic E-state index is -0.250. The molecule has 0 bridgehead atoms. The summed E-state index contributed by atoms with van der Waals surface area (Å²) < 4.78 is 1.52. The molecule has 0 saturated carbocycles. The second-order valence-electron chi connectivity index (χ2n) is 4.12. The van der Waals surface area contributed by atoms with Gasteiger partial charge in [0.05, 0.1) is 6.33 Å². The van der Waals surface area contributed by atoms with E-state index in [-0.39, 0.29) is 15.7 Å². The number of hydrogen-bond acceptors (Lipinski definition) is 2. The molecule has 0 spiro atoms. The topological polar surface area (TPSA) is 34.9 Å². The van der Waals surface area contributed by atoms with E-state index < -0.39 is 0 Å². The average molecular weight is 277 g/mol. The first kappa shape index (κ1) is 14.5. The van der Waals surface area contributed by atoms with Crippen LogP contribution in [0.2, 0.25) is 10.2 Å². The number of halogens is 2. The van der Waals surface area contributed by atoms with Gasteiger partial charge in [-0.2, -0.15) is 0 Å². The van der Waals surface area contributed by atoms with Crippen LogP contribution in [0.3, 0.4) is 0 Å². The summed E-state index contributed by atoms with van der Waals surface area (Å²) >= 11 is 11.4. The van der Waals surface area contributed by atoms with Crippen LogP contribution in [0.15, 0.2) is 11.1 Å². The largest absolute Gasteiger partial charge is 0.298 e. The zero-order valence-electron chi connectivity index (χ0n) is 10.1. The highest BCUT2D eigenvalue weighted by Gasteiger charge is 2.06. The Morgan fingerprint density at radius 2 is 1.82 bits per heavy atom. The molecule has 1 aromatic heterocycles. The highest BCUT2D eigenvalue weighted by molar-refractivity contribution is 6.40. The summed E-state index contributed by atoms with van der Waals surface area (Å²) in [6.07, 6.45) is 8.59. The summed E-state index contributed by atoms with van der Waals surface area (Å²) in [5.74, 6) is 0. The molecule has 1 rings (SSSR count). The van der Waals surface area contributed by atoms with E-state index in [0.29, 0.717) is 6.54 Å². The van der Waals surface area contributed by atoms with E-state index in [1.165, 1.54) is 36.6 Å². The van der Waals surface area contributed by atoms with Crippen molar-refractivity contribution in [2.75, 3.05) is 0 Å². The van der Waals surface area contributed by atoms with Gasteiger partial charge in [0.25, 0.3) is 5.56 Å². The van der Waals surface area contributed by atoms with E-state index in [1.807, 2.05) is 0 Å². The number of unbranched alkanes of at least 4 members (excludes halogenated alkanes) is 5. The van der Waals surface area contributed by atoms with Crippen LogP contribution in [0.1, 0.15) is 45.4 Å². The summed E-state index contributed by atoms with van der Waals surface area (Å²) in [7, 11) is 0. The number of aromatic nitrogens is 2. The standard InChI is InChI=1S/C12H18Cl2N2O/c1-2-3-4-5-6-7-8-16-9-15-11(14)10(13)12(16)17/h9H,2-8H2,1H3. The fourth-order valence-electron chi connectivity index (χ4n) is 1.67. The minimum Gasteiger partial charge on any atom is -0.298 e. The highest BCUT2D eigenvalue weighted by Crippen LogP contribution is 2.13. The van der Waals surface area contributed by atoms with Crippen molar-refractivity contribution >= 4 is 23.2 Å². The fraction of sp³-hybridized carbons (Fsp3) is 0.667. The lowest BCUT2D eigenvalue weighted by Gasteiger charge is -2.05. The Morgan fingerprint density at radius 3 is 2.53 bits per heavy atom. The van der Waals surface area contributed by atoms with Crippen LogP contribution >= 0.6 is 23.2 Å². The van der Waals surface area contributed by atoms with Crippen molar-refractivity contribution in [3.8, 4) is 0 Å². The highest BCUT2D eigenvalue weighted by atomic mass is 35.5. The van der Waals surface area contributed by atoms with E-state index >= 15 is 0 Å². The zero-order chi connectivity index (χ0) is 12.7. The summed E-state index contributed by atoms with van der Waals surface area (Å²) in [4.78, 5) is 15.5. The maximum atomic E-state index is 11.7. The Bertz CT molecular complexity index is 404. The van der Waals surface area contributed by atoms with Gasteiger partial charge in [-0.05, 0) is 6.42 Å². The first-order valence-corrected chi connectivity index (χ1v) is 6.82. The van der Waals surface area contributed by atoms with Crippen molar-refractivity contribution in [1.29, 1.82) is 0 Å². The predicted octanol–water partition coefficient (Wildman–Crippen LogP) is 3.91. The molecule has 0 amide bonds. The van der Waals surface area contributed by atoms with Gasteiger partial charge in [-0.15, -0.1) is 0 Å². The van der Waals surface area contributed by atoms with Crippen LogP contribution in [-0.2, 0) is 6.54 Å². The van der Waals surface area contributed by atoms with Gasteiger partial charge in [-0.1, -0.05) is 62.2 Å². The second-order valence-corrected chi connectivity index (χ2v) is 4.85. The van der Waals surface area contributed by atoms with Gasteiger partial charge in [-0.25, -0.2) is 4.98 Å². The molecule has 1 aromatic rings. The van der Waals surface area contributed by atoms with Crippen LogP contribution in [0.4, 0.5) is 0 Å². The average Bonchev–Trinajstić information content (AvgIpc) is 2.33. The predicted molar refractivity (Wildman–Crippen MR) is 71.9 cm³/mol. The fourth-order valence-corrected chi connectivity index (χ4v) is 1.95. The van der Waals surface area contributed by atoms with Crippen LogP contribution in [0.25, 0.3) is 0 Å². The summed E-state index contributed by atoms with van der Waals surface area (Å²) in [5, 5.41) is 0.0935. The third-order valence-electron chi connectivity index (χ3n) is 2.69. The molecule has 5 heteroatoms. The lowest BCUT2D eigenvalue weighted by atomic mass is 10.1. The normalized spacial score (nSPS) is 10.8. The zero-order valence-corrected chi connectivity index (χ0v) is 11.6. The molecule has 0 atom stereocenters. The van der Waals surface area contributed by atoms with Gasteiger partial charge in [0.1, 0.15) is 5.02 Å². The monoisotopic (exact) mass is 276 g/mol. The second kappa shape index (κ2) is 7.72. The summed E-state index contributed by atoms with van der Waals surface area (Å²) in [5.41, 5.74) is -0.250. The molecule has 0 aliphatic rings. The molecule has 0 saturated heterocycles. The molecule has 0 aromatic carbocycles. The van der Waals surface area contributed by atoms with Crippen LogP contribution in [0.5, 0.6) is 0 Å². The van der Waals surface area contributed by atoms with Crippen molar-refractivity contribution < 1.29 is 0 Å². The van der Waals surface area contributed by atoms with Crippen molar-refractivity contribution in [3.63, 3.8) is 0 Å². The Labute approximate surface area is 112 Å². The van der Waals surface area contributed by atoms with Gasteiger partial charge in [0.2, 0.25) is 0 Å². The van der Waals surface area contributed by atoms with Crippen molar-refractivity contribution in [2.24, 2.45) is 0 Å². The molecular weight excluding hydrogens is 259 g/mol. The first-order valence-electron chi connectivity index (χ1n) is 6.07. The maximum absolute atomic E-state index is 11.7. The molecule has 0 fully saturated rings. The van der Waals surface area contributed by atoms with E-state index in [1.54, 1.807) is 0 Å². The minimum absolute atomic E-state index is 0.0140. The molecule has 0 N–H and O–H groups in total. The molecule has 0 aliphatic heterocycles. The van der Waals surface area contributed by atoms with Crippen LogP contribution < -0.4 is 5.56 Å². The Kier molecular flexibility index (Phi) is 6.60. The lowest BCUT2D eigenvalue weighted by Crippen LogP contribution is -2.21. The molecule has 0 aliphatic carbocycles. The number of nitrogens with zero attached hydrogens (tertiary/aromatic N) is 2. The quantitative estimate of drug-likeness (QED) is 0.559. The summed E-state index contributed by atoms with van der Waals surface area (Å²) in [6.45, 7) is 2.86. The van der Waals surface area contributed by atoms with Gasteiger partial charge < -0.3 is 0 Å². The van der Waals surface area contributed by atoms with Gasteiger partial charge in [0.15, 0.2) is 5.15 Å². The molecule has 17 heavy (non-hydrogen) atoms. The maximum Gasteiger partial charge on any atom is 0.273 e. The Morgan fingerprint density at radius 1 is 1.18 bits per heavy atom. The third kappa shape index (κ3) is 4.68. The van der Waals surface area contributed by atoms with Crippen molar-refractivity contribution in [2.45, 2.75) is 52.0 Å². The van der Waals surface area contributed by atoms with E-state index in [9.17, 15) is 4.79 Å². The van der Waals surface area contributed by atoms with E-state index in [4.69, 9.17) is 23.2 Å². The lowest BCUT2D eigenvalue weighted by molar-refractivity contribution is 0.545. The molecule has 96 valence electrons. The number of rotatable bonds is 7. The molecule has 0 radical (unpaired) electrons. The van der Waals surface area contributed by atoms with Crippen molar-refractivity contribution in [1.82, 2.24) is 9.55 Å². The molecular formula is C12H18Cl2N2O. The molecule has 0 unspecified atom stereocenters. The smallest absolute Gasteiger partial charge is 0.273 e. The Hall–Kier alpha value is -0.540. The number of hydrogen-bond donors (Lipinski definition) is 0. The van der Waals surface area contributed by atoms with Gasteiger partial charge >= 0.3 is 0 Å². The van der Waals surface area contributed by atoms with E-state index in [2.05, 4.69) is 11.9 Å². The summed E-state index contributed by atoms with van der Waals surface area (Å²) in [6, 6.07) is 0. The first-order chi connectivity index (χ1) is 8.16. The van der Waals surface area contributed by atoms with Crippen LogP contribution in [0, 0.1) is 0 Å². The van der Waals surface area contributed by atoms with Gasteiger partial charge in [-0.3, -0.25) is 9.36 Å². The molecule has 3 nitrogen and oxygen atoms in total. The third-order valence-corrected chi connectivity index (χ3v) is 3.42. The number of aryl methyl sites for hydroxylation is 1. The van der Waals surface area contributed by atoms with Crippen molar-refractivity contribution in [3.05, 3.63) is 26.9 Å². The van der Waals surface area contributed by atoms with Gasteiger partial charge in [0, 0.05) is 6.54 Å². The van der Waals surface area contributed by atoms with E-state index in [0.717, 1.165) is 12.8 Å². The van der Waals surface area contributed by atoms with Crippen LogP contribution in [-0.4, -0.2) is 9.55 Å². The SMILES string of the molecule is CCCCCCCCn1cnc(Cl)c(Cl)c1=O. The Balaban J connectivity index is 2.37.